The molecule has 0 aromatic heterocycles. The second-order valence-corrected chi connectivity index (χ2v) is 5.10. The Morgan fingerprint density at radius 2 is 0.600 bits per heavy atom. The van der Waals surface area contributed by atoms with Crippen molar-refractivity contribution < 1.29 is 20.4 Å². The standard InChI is InChI=1S/2C12H8.Pd/c2*1-3-7-11(8-4-1)12-9-5-2-6-10-12;/h2*1-7,9H;/q2*-2;. The SMILES string of the molecule is [Pd].[c-]1ccccc1-c1[c-]cccc1.[c-]1ccccc1-c1[c-]cccc1. The zero-order valence-corrected chi connectivity index (χ0v) is 15.1. The van der Waals surface area contributed by atoms with Gasteiger partial charge in [0.1, 0.15) is 0 Å². The molecule has 4 rings (SSSR count). The van der Waals surface area contributed by atoms with Gasteiger partial charge in [-0.15, -0.1) is 24.3 Å². The molecule has 0 spiro atoms. The molecule has 0 unspecified atom stereocenters. The molecule has 0 fully saturated rings. The maximum absolute atomic E-state index is 3.15. The van der Waals surface area contributed by atoms with Crippen LogP contribution in [0.4, 0.5) is 0 Å². The van der Waals surface area contributed by atoms with E-state index in [2.05, 4.69) is 24.3 Å². The molecule has 0 radical (unpaired) electrons. The molecule has 1 heteroatoms. The zero-order valence-electron chi connectivity index (χ0n) is 13.6. The summed E-state index contributed by atoms with van der Waals surface area (Å²) in [5.74, 6) is 0. The molecule has 4 aromatic carbocycles. The summed E-state index contributed by atoms with van der Waals surface area (Å²) >= 11 is 0. The van der Waals surface area contributed by atoms with Gasteiger partial charge in [0.15, 0.2) is 0 Å². The van der Waals surface area contributed by atoms with Crippen LogP contribution in [0.25, 0.3) is 22.3 Å². The van der Waals surface area contributed by atoms with E-state index in [0.29, 0.717) is 0 Å². The van der Waals surface area contributed by atoms with E-state index < -0.39 is 0 Å². The summed E-state index contributed by atoms with van der Waals surface area (Å²) in [6.07, 6.45) is 0. The Morgan fingerprint density at radius 3 is 0.760 bits per heavy atom. The quantitative estimate of drug-likeness (QED) is 0.285. The van der Waals surface area contributed by atoms with Crippen molar-refractivity contribution in [2.75, 3.05) is 0 Å². The van der Waals surface area contributed by atoms with Crippen molar-refractivity contribution in [3.05, 3.63) is 121 Å². The number of rotatable bonds is 2. The number of hydrogen-bond donors (Lipinski definition) is 0. The van der Waals surface area contributed by atoms with Crippen LogP contribution >= 0.6 is 0 Å². The third kappa shape index (κ3) is 5.84. The van der Waals surface area contributed by atoms with Gasteiger partial charge in [-0.2, -0.15) is 97.1 Å². The van der Waals surface area contributed by atoms with Crippen LogP contribution in [0.5, 0.6) is 0 Å². The van der Waals surface area contributed by atoms with Crippen LogP contribution in [-0.2, 0) is 20.4 Å². The van der Waals surface area contributed by atoms with E-state index in [1.165, 1.54) is 0 Å². The fourth-order valence-electron chi connectivity index (χ4n) is 2.24. The maximum Gasteiger partial charge on any atom is 0 e. The van der Waals surface area contributed by atoms with Gasteiger partial charge in [-0.05, 0) is 0 Å². The third-order valence-electron chi connectivity index (χ3n) is 3.42. The molecule has 0 saturated carbocycles. The van der Waals surface area contributed by atoms with Gasteiger partial charge in [0.25, 0.3) is 0 Å². The molecule has 25 heavy (non-hydrogen) atoms. The van der Waals surface area contributed by atoms with Gasteiger partial charge in [-0.3, -0.25) is 0 Å². The molecule has 0 aliphatic carbocycles. The van der Waals surface area contributed by atoms with Gasteiger partial charge in [0, 0.05) is 20.4 Å². The first-order chi connectivity index (χ1) is 11.9. The summed E-state index contributed by atoms with van der Waals surface area (Å²) in [5.41, 5.74) is 4.38. The Balaban J connectivity index is 0.000000173. The second-order valence-electron chi connectivity index (χ2n) is 5.10. The van der Waals surface area contributed by atoms with Crippen LogP contribution < -0.4 is 0 Å². The van der Waals surface area contributed by atoms with Gasteiger partial charge in [0.2, 0.25) is 0 Å². The summed E-state index contributed by atoms with van der Waals surface area (Å²) in [7, 11) is 0. The first-order valence-corrected chi connectivity index (χ1v) is 7.81. The Bertz CT molecular complexity index is 676. The first-order valence-electron chi connectivity index (χ1n) is 7.81. The molecular weight excluding hydrogens is 395 g/mol. The summed E-state index contributed by atoms with van der Waals surface area (Å²) < 4.78 is 0. The molecule has 0 N–H and O–H groups in total. The van der Waals surface area contributed by atoms with Crippen LogP contribution in [0.3, 0.4) is 0 Å². The summed E-state index contributed by atoms with van der Waals surface area (Å²) in [5, 5.41) is 0. The van der Waals surface area contributed by atoms with Crippen LogP contribution in [0.15, 0.2) is 97.1 Å². The van der Waals surface area contributed by atoms with Gasteiger partial charge in [-0.25, -0.2) is 22.3 Å². The fourth-order valence-corrected chi connectivity index (χ4v) is 2.24. The Kier molecular flexibility index (Phi) is 7.86. The van der Waals surface area contributed by atoms with E-state index in [1.807, 2.05) is 97.1 Å². The third-order valence-corrected chi connectivity index (χ3v) is 3.42. The zero-order chi connectivity index (χ0) is 16.5. The monoisotopic (exact) mass is 410 g/mol. The molecule has 0 amide bonds. The maximum atomic E-state index is 3.15. The van der Waals surface area contributed by atoms with E-state index >= 15 is 0 Å². The number of hydrogen-bond acceptors (Lipinski definition) is 0. The first kappa shape index (κ1) is 18.9. The van der Waals surface area contributed by atoms with E-state index in [4.69, 9.17) is 0 Å². The molecule has 126 valence electrons. The van der Waals surface area contributed by atoms with Gasteiger partial charge in [0.05, 0.1) is 0 Å². The van der Waals surface area contributed by atoms with Crippen LogP contribution in [-0.4, -0.2) is 0 Å². The molecule has 4 aromatic rings. The van der Waals surface area contributed by atoms with Gasteiger partial charge >= 0.3 is 0 Å². The van der Waals surface area contributed by atoms with E-state index in [-0.39, 0.29) is 20.4 Å². The van der Waals surface area contributed by atoms with Crippen molar-refractivity contribution in [1.82, 2.24) is 0 Å². The van der Waals surface area contributed by atoms with Crippen molar-refractivity contribution in [2.24, 2.45) is 0 Å². The van der Waals surface area contributed by atoms with Crippen molar-refractivity contribution in [1.29, 1.82) is 0 Å². The second kappa shape index (κ2) is 10.4. The Morgan fingerprint density at radius 1 is 0.360 bits per heavy atom. The minimum atomic E-state index is 0. The smallest absolute Gasteiger partial charge is 0 e. The minimum absolute atomic E-state index is 0. The molecule has 0 aliphatic heterocycles. The van der Waals surface area contributed by atoms with E-state index in [9.17, 15) is 0 Å². The van der Waals surface area contributed by atoms with Crippen LogP contribution in [0.2, 0.25) is 0 Å². The Labute approximate surface area is 163 Å². The van der Waals surface area contributed by atoms with Crippen molar-refractivity contribution in [3.63, 3.8) is 0 Å². The summed E-state index contributed by atoms with van der Waals surface area (Å²) in [4.78, 5) is 0. The van der Waals surface area contributed by atoms with Crippen LogP contribution in [0, 0.1) is 24.3 Å². The molecule has 0 nitrogen and oxygen atoms in total. The molecule has 0 atom stereocenters. The molecule has 0 aliphatic rings. The number of benzene rings is 4. The van der Waals surface area contributed by atoms with Crippen molar-refractivity contribution >= 4 is 0 Å². The minimum Gasteiger partial charge on any atom is -0.226 e. The largest absolute Gasteiger partial charge is 0.226 e. The average Bonchev–Trinajstić information content (AvgIpc) is 2.71. The fraction of sp³-hybridized carbons (Fsp3) is 0. The van der Waals surface area contributed by atoms with Gasteiger partial charge in [-0.1, -0.05) is 0 Å². The summed E-state index contributed by atoms with van der Waals surface area (Å²) in [6, 6.07) is 44.3. The van der Waals surface area contributed by atoms with E-state index in [1.54, 1.807) is 0 Å². The van der Waals surface area contributed by atoms with Crippen molar-refractivity contribution in [3.8, 4) is 22.3 Å². The van der Waals surface area contributed by atoms with Crippen molar-refractivity contribution in [2.45, 2.75) is 0 Å². The molecule has 0 saturated heterocycles. The topological polar surface area (TPSA) is 0 Å². The predicted octanol–water partition coefficient (Wildman–Crippen LogP) is 5.91. The molecular formula is C24H16Pd-4. The average molecular weight is 411 g/mol. The molecule has 0 heterocycles. The van der Waals surface area contributed by atoms with E-state index in [0.717, 1.165) is 22.3 Å². The normalized spacial score (nSPS) is 9.28. The Hall–Kier alpha value is -2.46. The van der Waals surface area contributed by atoms with Crippen LogP contribution in [0.1, 0.15) is 0 Å². The molecule has 0 bridgehead atoms. The predicted molar refractivity (Wildman–Crippen MR) is 99.1 cm³/mol. The summed E-state index contributed by atoms with van der Waals surface area (Å²) in [6.45, 7) is 0. The van der Waals surface area contributed by atoms with Gasteiger partial charge < -0.3 is 0 Å².